The lowest BCUT2D eigenvalue weighted by atomic mass is 10.1. The summed E-state index contributed by atoms with van der Waals surface area (Å²) >= 11 is 5.31. The molecular weight excluding hydrogens is 258 g/mol. The number of aryl methyl sites for hydroxylation is 1. The summed E-state index contributed by atoms with van der Waals surface area (Å²) in [6, 6.07) is 7.43. The number of anilines is 1. The third-order valence-electron chi connectivity index (χ3n) is 2.44. The minimum atomic E-state index is -3.39. The molecule has 0 amide bonds. The molecule has 0 radical (unpaired) electrons. The number of rotatable bonds is 7. The van der Waals surface area contributed by atoms with Crippen LogP contribution in [-0.2, 0) is 16.4 Å². The fraction of sp³-hybridized carbons (Fsp3) is 0.500. The highest BCUT2D eigenvalue weighted by molar-refractivity contribution is 7.93. The van der Waals surface area contributed by atoms with E-state index in [0.717, 1.165) is 6.42 Å². The van der Waals surface area contributed by atoms with E-state index in [4.69, 9.17) is 11.6 Å². The Labute approximate surface area is 108 Å². The Kier molecular flexibility index (Phi) is 5.78. The Bertz CT molecular complexity index is 428. The van der Waals surface area contributed by atoms with E-state index in [1.807, 2.05) is 12.1 Å². The molecule has 1 aromatic rings. The standard InChI is InChI=1S/C12H18ClNO2S/c1-2-3-4-5-11-6-8-12(9-7-11)14-17(15,16)10-13/h6-9,14H,2-5,10H2,1H3. The fourth-order valence-corrected chi connectivity index (χ4v) is 2.24. The highest BCUT2D eigenvalue weighted by atomic mass is 35.5. The number of unbranched alkanes of at least 4 members (excludes halogenated alkanes) is 2. The van der Waals surface area contributed by atoms with Gasteiger partial charge in [-0.05, 0) is 30.5 Å². The Hall–Kier alpha value is -0.740. The number of nitrogens with one attached hydrogen (secondary N) is 1. The predicted octanol–water partition coefficient (Wildman–Crippen LogP) is 3.36. The number of benzene rings is 1. The highest BCUT2D eigenvalue weighted by Gasteiger charge is 2.07. The Morgan fingerprint density at radius 2 is 1.82 bits per heavy atom. The van der Waals surface area contributed by atoms with Gasteiger partial charge in [0.25, 0.3) is 0 Å². The summed E-state index contributed by atoms with van der Waals surface area (Å²) < 4.78 is 24.8. The number of alkyl halides is 1. The summed E-state index contributed by atoms with van der Waals surface area (Å²) in [7, 11) is -3.39. The van der Waals surface area contributed by atoms with E-state index in [1.165, 1.54) is 24.8 Å². The molecular formula is C12H18ClNO2S. The van der Waals surface area contributed by atoms with E-state index in [0.29, 0.717) is 5.69 Å². The first kappa shape index (κ1) is 14.3. The van der Waals surface area contributed by atoms with Crippen LogP contribution in [0.5, 0.6) is 0 Å². The van der Waals surface area contributed by atoms with Crippen molar-refractivity contribution in [3.8, 4) is 0 Å². The van der Waals surface area contributed by atoms with Crippen LogP contribution < -0.4 is 4.72 Å². The van der Waals surface area contributed by atoms with Crippen LogP contribution in [0.1, 0.15) is 31.7 Å². The van der Waals surface area contributed by atoms with Crippen molar-refractivity contribution >= 4 is 27.3 Å². The van der Waals surface area contributed by atoms with Gasteiger partial charge in [-0.3, -0.25) is 4.72 Å². The van der Waals surface area contributed by atoms with Crippen molar-refractivity contribution in [1.82, 2.24) is 0 Å². The van der Waals surface area contributed by atoms with Gasteiger partial charge in [0.05, 0.1) is 0 Å². The van der Waals surface area contributed by atoms with E-state index in [2.05, 4.69) is 11.6 Å². The molecule has 3 nitrogen and oxygen atoms in total. The molecule has 5 heteroatoms. The number of hydrogen-bond acceptors (Lipinski definition) is 2. The normalized spacial score (nSPS) is 11.4. The van der Waals surface area contributed by atoms with Crippen molar-refractivity contribution in [2.24, 2.45) is 0 Å². The monoisotopic (exact) mass is 275 g/mol. The SMILES string of the molecule is CCCCCc1ccc(NS(=O)(=O)CCl)cc1. The smallest absolute Gasteiger partial charge is 0.246 e. The van der Waals surface area contributed by atoms with Gasteiger partial charge >= 0.3 is 0 Å². The molecule has 0 spiro atoms. The molecule has 0 aliphatic rings. The molecule has 0 aliphatic heterocycles. The predicted molar refractivity (Wildman–Crippen MR) is 72.9 cm³/mol. The van der Waals surface area contributed by atoms with Gasteiger partial charge in [0.15, 0.2) is 0 Å². The molecule has 0 saturated heterocycles. The van der Waals surface area contributed by atoms with Crippen LogP contribution in [-0.4, -0.2) is 13.6 Å². The van der Waals surface area contributed by atoms with E-state index < -0.39 is 15.2 Å². The molecule has 0 aromatic heterocycles. The van der Waals surface area contributed by atoms with Crippen LogP contribution in [0, 0.1) is 0 Å². The van der Waals surface area contributed by atoms with Crippen molar-refractivity contribution in [3.05, 3.63) is 29.8 Å². The molecule has 0 aliphatic carbocycles. The molecule has 96 valence electrons. The lowest BCUT2D eigenvalue weighted by Gasteiger charge is -2.06. The van der Waals surface area contributed by atoms with Gasteiger partial charge in [-0.2, -0.15) is 0 Å². The molecule has 17 heavy (non-hydrogen) atoms. The van der Waals surface area contributed by atoms with E-state index in [-0.39, 0.29) is 0 Å². The van der Waals surface area contributed by atoms with Gasteiger partial charge < -0.3 is 0 Å². The maximum absolute atomic E-state index is 11.2. The molecule has 0 unspecified atom stereocenters. The van der Waals surface area contributed by atoms with Crippen molar-refractivity contribution in [2.45, 2.75) is 32.6 Å². The molecule has 0 heterocycles. The zero-order chi connectivity index (χ0) is 12.7. The van der Waals surface area contributed by atoms with Gasteiger partial charge in [-0.15, -0.1) is 11.6 Å². The van der Waals surface area contributed by atoms with Crippen LogP contribution in [0.4, 0.5) is 5.69 Å². The summed E-state index contributed by atoms with van der Waals surface area (Å²) in [5.41, 5.74) is 1.79. The van der Waals surface area contributed by atoms with Crippen molar-refractivity contribution in [1.29, 1.82) is 0 Å². The lowest BCUT2D eigenvalue weighted by Crippen LogP contribution is -2.13. The van der Waals surface area contributed by atoms with Crippen LogP contribution >= 0.6 is 11.6 Å². The minimum absolute atomic E-state index is 0.425. The quantitative estimate of drug-likeness (QED) is 0.613. The van der Waals surface area contributed by atoms with Crippen LogP contribution in [0.15, 0.2) is 24.3 Å². The zero-order valence-corrected chi connectivity index (χ0v) is 11.5. The fourth-order valence-electron chi connectivity index (χ4n) is 1.53. The van der Waals surface area contributed by atoms with Crippen LogP contribution in [0.2, 0.25) is 0 Å². The van der Waals surface area contributed by atoms with Crippen molar-refractivity contribution < 1.29 is 8.42 Å². The summed E-state index contributed by atoms with van der Waals surface area (Å²) in [5, 5.41) is -0.425. The summed E-state index contributed by atoms with van der Waals surface area (Å²) in [5.74, 6) is 0. The van der Waals surface area contributed by atoms with Gasteiger partial charge in [-0.25, -0.2) is 8.42 Å². The molecule has 0 fully saturated rings. The largest absolute Gasteiger partial charge is 0.283 e. The number of sulfonamides is 1. The summed E-state index contributed by atoms with van der Waals surface area (Å²) in [6.07, 6.45) is 4.63. The third kappa shape index (κ3) is 5.41. The molecule has 1 N–H and O–H groups in total. The topological polar surface area (TPSA) is 46.2 Å². The van der Waals surface area contributed by atoms with Gasteiger partial charge in [0, 0.05) is 5.69 Å². The van der Waals surface area contributed by atoms with Gasteiger partial charge in [-0.1, -0.05) is 31.9 Å². The Morgan fingerprint density at radius 1 is 1.18 bits per heavy atom. The zero-order valence-electron chi connectivity index (χ0n) is 9.95. The summed E-state index contributed by atoms with van der Waals surface area (Å²) in [6.45, 7) is 2.17. The molecule has 1 rings (SSSR count). The molecule has 1 aromatic carbocycles. The van der Waals surface area contributed by atoms with Crippen molar-refractivity contribution in [3.63, 3.8) is 0 Å². The first-order valence-corrected chi connectivity index (χ1v) is 7.91. The van der Waals surface area contributed by atoms with Gasteiger partial charge in [0.2, 0.25) is 10.0 Å². The van der Waals surface area contributed by atoms with E-state index in [9.17, 15) is 8.42 Å². The molecule has 0 atom stereocenters. The second-order valence-corrected chi connectivity index (χ2v) is 6.29. The lowest BCUT2D eigenvalue weighted by molar-refractivity contribution is 0.605. The molecule has 0 bridgehead atoms. The van der Waals surface area contributed by atoms with Gasteiger partial charge in [0.1, 0.15) is 5.21 Å². The van der Waals surface area contributed by atoms with Crippen LogP contribution in [0.3, 0.4) is 0 Å². The Balaban J connectivity index is 2.56. The van der Waals surface area contributed by atoms with Crippen LogP contribution in [0.25, 0.3) is 0 Å². The number of hydrogen-bond donors (Lipinski definition) is 1. The highest BCUT2D eigenvalue weighted by Crippen LogP contribution is 2.14. The second kappa shape index (κ2) is 6.87. The second-order valence-electron chi connectivity index (χ2n) is 3.98. The van der Waals surface area contributed by atoms with Crippen molar-refractivity contribution in [2.75, 3.05) is 9.93 Å². The Morgan fingerprint density at radius 3 is 2.35 bits per heavy atom. The first-order valence-electron chi connectivity index (χ1n) is 5.73. The third-order valence-corrected chi connectivity index (χ3v) is 4.14. The number of halogens is 1. The average Bonchev–Trinajstić information content (AvgIpc) is 2.31. The average molecular weight is 276 g/mol. The van der Waals surface area contributed by atoms with E-state index >= 15 is 0 Å². The molecule has 0 saturated carbocycles. The van der Waals surface area contributed by atoms with E-state index in [1.54, 1.807) is 12.1 Å². The minimum Gasteiger partial charge on any atom is -0.283 e. The first-order chi connectivity index (χ1) is 8.07. The maximum Gasteiger partial charge on any atom is 0.246 e. The summed E-state index contributed by atoms with van der Waals surface area (Å²) in [4.78, 5) is 0. The maximum atomic E-state index is 11.2.